The second-order valence-electron chi connectivity index (χ2n) is 15.5. The molecule has 6 nitrogen and oxygen atoms in total. The maximum absolute atomic E-state index is 12.7. The first-order valence-electron chi connectivity index (χ1n) is 24.3. The molecule has 0 aromatic carbocycles. The van der Waals surface area contributed by atoms with E-state index in [-0.39, 0.29) is 31.6 Å². The molecule has 0 aromatic rings. The summed E-state index contributed by atoms with van der Waals surface area (Å²) in [4.78, 5) is 37.9. The van der Waals surface area contributed by atoms with Gasteiger partial charge in [0.05, 0.1) is 0 Å². The van der Waals surface area contributed by atoms with Crippen LogP contribution in [0.25, 0.3) is 0 Å². The maximum Gasteiger partial charge on any atom is 0.306 e. The van der Waals surface area contributed by atoms with E-state index >= 15 is 0 Å². The maximum atomic E-state index is 12.7. The SMILES string of the molecule is CC/C=C/C=C/C=C/C=C/C=C/CCCC(=O)OC(COC(=O)CCCCC/C=C/CCCCCCCC)COC(=O)CCCCCCC/C=C/C=C/C=C/C=C/C=C/CCC. The van der Waals surface area contributed by atoms with Crippen LogP contribution in [0, 0.1) is 0 Å². The molecule has 1 atom stereocenters. The molecule has 0 aliphatic rings. The summed E-state index contributed by atoms with van der Waals surface area (Å²) in [5.41, 5.74) is 0. The molecular weight excluding hydrogens is 769 g/mol. The number of hydrogen-bond donors (Lipinski definition) is 0. The van der Waals surface area contributed by atoms with Crippen LogP contribution >= 0.6 is 0 Å². The lowest BCUT2D eigenvalue weighted by atomic mass is 10.1. The van der Waals surface area contributed by atoms with Gasteiger partial charge < -0.3 is 14.2 Å². The molecule has 0 spiro atoms. The average molecular weight is 855 g/mol. The molecule has 0 aliphatic heterocycles. The highest BCUT2D eigenvalue weighted by molar-refractivity contribution is 5.71. The lowest BCUT2D eigenvalue weighted by molar-refractivity contribution is -0.167. The van der Waals surface area contributed by atoms with Crippen LogP contribution in [0.2, 0.25) is 0 Å². The summed E-state index contributed by atoms with van der Waals surface area (Å²) in [6.07, 6.45) is 68.6. The molecule has 0 heterocycles. The van der Waals surface area contributed by atoms with Crippen molar-refractivity contribution in [3.8, 4) is 0 Å². The second-order valence-corrected chi connectivity index (χ2v) is 15.5. The van der Waals surface area contributed by atoms with Crippen LogP contribution in [0.3, 0.4) is 0 Å². The van der Waals surface area contributed by atoms with Gasteiger partial charge in [-0.25, -0.2) is 0 Å². The van der Waals surface area contributed by atoms with Crippen molar-refractivity contribution in [2.45, 2.75) is 187 Å². The molecule has 346 valence electrons. The minimum absolute atomic E-state index is 0.128. The van der Waals surface area contributed by atoms with Crippen molar-refractivity contribution in [1.29, 1.82) is 0 Å². The topological polar surface area (TPSA) is 78.9 Å². The Hall–Kier alpha value is -4.45. The smallest absolute Gasteiger partial charge is 0.306 e. The first-order chi connectivity index (χ1) is 30.5. The van der Waals surface area contributed by atoms with Gasteiger partial charge in [-0.05, 0) is 77.0 Å². The monoisotopic (exact) mass is 855 g/mol. The van der Waals surface area contributed by atoms with E-state index in [1.807, 2.05) is 91.1 Å². The molecule has 0 rings (SSSR count). The van der Waals surface area contributed by atoms with Gasteiger partial charge in [0.2, 0.25) is 0 Å². The molecule has 6 heteroatoms. The van der Waals surface area contributed by atoms with Gasteiger partial charge in [-0.3, -0.25) is 14.4 Å². The molecule has 0 amide bonds. The average Bonchev–Trinajstić information content (AvgIpc) is 3.27. The van der Waals surface area contributed by atoms with Crippen LogP contribution in [-0.2, 0) is 28.6 Å². The number of esters is 3. The quantitative estimate of drug-likeness (QED) is 0.0200. The third kappa shape index (κ3) is 46.6. The zero-order chi connectivity index (χ0) is 45.1. The highest BCUT2D eigenvalue weighted by atomic mass is 16.6. The van der Waals surface area contributed by atoms with Crippen LogP contribution in [0.15, 0.2) is 134 Å². The summed E-state index contributed by atoms with van der Waals surface area (Å²) in [5.74, 6) is -1.06. The van der Waals surface area contributed by atoms with Crippen molar-refractivity contribution in [1.82, 2.24) is 0 Å². The normalized spacial score (nSPS) is 13.3. The minimum Gasteiger partial charge on any atom is -0.462 e. The standard InChI is InChI=1S/C56H86O6/c1-4-7-10-13-16-19-22-25-26-27-28-29-32-34-37-40-43-46-49-55(58)61-52-53(62-56(59)50-47-44-41-38-35-31-24-21-18-15-12-9-6-3)51-60-54(57)48-45-42-39-36-33-30-23-20-17-14-11-8-5-2/h9-10,12-13,15-16,18-19,21-22,24-31,33,35,38,41,53H,4-8,11,14,17,20,23,32,34,36-37,39-40,42-52H2,1-3H3/b12-9+,13-10+,18-15+,19-16+,24-21+,25-22+,27-26+,29-28+,33-30+,35-31+,41-38+. The van der Waals surface area contributed by atoms with Crippen molar-refractivity contribution >= 4 is 17.9 Å². The number of carbonyl (C=O) groups excluding carboxylic acids is 3. The number of hydrogen-bond acceptors (Lipinski definition) is 6. The van der Waals surface area contributed by atoms with Crippen molar-refractivity contribution < 1.29 is 28.6 Å². The Morgan fingerprint density at radius 1 is 0.339 bits per heavy atom. The van der Waals surface area contributed by atoms with Gasteiger partial charge in [0.1, 0.15) is 13.2 Å². The highest BCUT2D eigenvalue weighted by Crippen LogP contribution is 2.12. The molecule has 0 aromatic heterocycles. The molecule has 0 N–H and O–H groups in total. The fraction of sp³-hybridized carbons (Fsp3) is 0.554. The Morgan fingerprint density at radius 2 is 0.694 bits per heavy atom. The van der Waals surface area contributed by atoms with E-state index in [1.54, 1.807) is 0 Å². The van der Waals surface area contributed by atoms with E-state index in [2.05, 4.69) is 63.3 Å². The Labute approximate surface area is 379 Å². The van der Waals surface area contributed by atoms with E-state index in [0.717, 1.165) is 89.9 Å². The lowest BCUT2D eigenvalue weighted by Crippen LogP contribution is -2.30. The van der Waals surface area contributed by atoms with Gasteiger partial charge in [-0.1, -0.05) is 219 Å². The second kappa shape index (κ2) is 49.2. The lowest BCUT2D eigenvalue weighted by Gasteiger charge is -2.18. The molecule has 0 saturated carbocycles. The highest BCUT2D eigenvalue weighted by Gasteiger charge is 2.19. The third-order valence-electron chi connectivity index (χ3n) is 9.60. The Morgan fingerprint density at radius 3 is 1.16 bits per heavy atom. The first-order valence-corrected chi connectivity index (χ1v) is 24.3. The van der Waals surface area contributed by atoms with Gasteiger partial charge in [0, 0.05) is 19.3 Å². The summed E-state index contributed by atoms with van der Waals surface area (Å²) in [5, 5.41) is 0. The number of rotatable bonds is 41. The molecule has 0 saturated heterocycles. The van der Waals surface area contributed by atoms with Gasteiger partial charge >= 0.3 is 17.9 Å². The van der Waals surface area contributed by atoms with E-state index < -0.39 is 12.1 Å². The summed E-state index contributed by atoms with van der Waals surface area (Å²) < 4.78 is 16.6. The van der Waals surface area contributed by atoms with Crippen molar-refractivity contribution in [2.75, 3.05) is 13.2 Å². The number of ether oxygens (including phenoxy) is 3. The van der Waals surface area contributed by atoms with E-state index in [9.17, 15) is 14.4 Å². The largest absolute Gasteiger partial charge is 0.462 e. The third-order valence-corrected chi connectivity index (χ3v) is 9.60. The van der Waals surface area contributed by atoms with Crippen LogP contribution in [0.1, 0.15) is 181 Å². The summed E-state index contributed by atoms with van der Waals surface area (Å²) in [6.45, 7) is 6.27. The van der Waals surface area contributed by atoms with Crippen molar-refractivity contribution in [3.05, 3.63) is 134 Å². The molecule has 1 unspecified atom stereocenters. The van der Waals surface area contributed by atoms with Gasteiger partial charge in [-0.2, -0.15) is 0 Å². The zero-order valence-corrected chi connectivity index (χ0v) is 39.3. The van der Waals surface area contributed by atoms with Crippen LogP contribution in [0.4, 0.5) is 0 Å². The summed E-state index contributed by atoms with van der Waals surface area (Å²) in [6, 6.07) is 0. The Kier molecular flexibility index (Phi) is 45.7. The predicted octanol–water partition coefficient (Wildman–Crippen LogP) is 15.9. The summed E-state index contributed by atoms with van der Waals surface area (Å²) >= 11 is 0. The van der Waals surface area contributed by atoms with E-state index in [1.165, 1.54) is 44.9 Å². The van der Waals surface area contributed by atoms with Crippen molar-refractivity contribution in [2.24, 2.45) is 0 Å². The Bertz CT molecular complexity index is 1400. The Balaban J connectivity index is 4.58. The molecule has 0 radical (unpaired) electrons. The number of unbranched alkanes of at least 4 members (excludes halogenated alkanes) is 16. The number of carbonyl (C=O) groups is 3. The van der Waals surface area contributed by atoms with Crippen LogP contribution in [0.5, 0.6) is 0 Å². The molecular formula is C56H86O6. The molecule has 62 heavy (non-hydrogen) atoms. The van der Waals surface area contributed by atoms with Crippen molar-refractivity contribution in [3.63, 3.8) is 0 Å². The van der Waals surface area contributed by atoms with Crippen LogP contribution < -0.4 is 0 Å². The summed E-state index contributed by atoms with van der Waals surface area (Å²) in [7, 11) is 0. The fourth-order valence-corrected chi connectivity index (χ4v) is 5.97. The van der Waals surface area contributed by atoms with Crippen LogP contribution in [-0.4, -0.2) is 37.2 Å². The molecule has 0 fully saturated rings. The molecule has 0 bridgehead atoms. The molecule has 0 aliphatic carbocycles. The number of allylic oxidation sites excluding steroid dienone is 22. The van der Waals surface area contributed by atoms with Gasteiger partial charge in [0.15, 0.2) is 6.10 Å². The van der Waals surface area contributed by atoms with E-state index in [4.69, 9.17) is 14.2 Å². The van der Waals surface area contributed by atoms with Gasteiger partial charge in [-0.15, -0.1) is 0 Å². The zero-order valence-electron chi connectivity index (χ0n) is 39.3. The first kappa shape index (κ1) is 57.5. The van der Waals surface area contributed by atoms with Gasteiger partial charge in [0.25, 0.3) is 0 Å². The minimum atomic E-state index is -0.836. The van der Waals surface area contributed by atoms with E-state index in [0.29, 0.717) is 19.3 Å². The predicted molar refractivity (Wildman–Crippen MR) is 265 cm³/mol. The fourth-order valence-electron chi connectivity index (χ4n) is 5.97.